The second-order valence-corrected chi connectivity index (χ2v) is 6.74. The summed E-state index contributed by atoms with van der Waals surface area (Å²) in [6.07, 6.45) is 4.36. The number of aromatic nitrogens is 5. The highest BCUT2D eigenvalue weighted by Crippen LogP contribution is 2.32. The number of fused-ring (bicyclic) bond motifs is 1. The van der Waals surface area contributed by atoms with Crippen LogP contribution in [0.3, 0.4) is 0 Å². The summed E-state index contributed by atoms with van der Waals surface area (Å²) in [5.74, 6) is 3.27. The summed E-state index contributed by atoms with van der Waals surface area (Å²) in [7, 11) is 0. The Balaban J connectivity index is 1.64. The second kappa shape index (κ2) is 5.86. The molecule has 2 aliphatic heterocycles. The first-order valence-electron chi connectivity index (χ1n) is 8.60. The number of aryl methyl sites for hydroxylation is 2. The van der Waals surface area contributed by atoms with Crippen LogP contribution in [-0.4, -0.2) is 38.1 Å². The molecule has 1 fully saturated rings. The molecule has 0 N–H and O–H groups in total. The van der Waals surface area contributed by atoms with E-state index in [2.05, 4.69) is 35.9 Å². The summed E-state index contributed by atoms with van der Waals surface area (Å²) in [4.78, 5) is 2.20. The van der Waals surface area contributed by atoms with Gasteiger partial charge in [0.2, 0.25) is 0 Å². The summed E-state index contributed by atoms with van der Waals surface area (Å²) >= 11 is 0. The van der Waals surface area contributed by atoms with Gasteiger partial charge in [0.1, 0.15) is 23.3 Å². The van der Waals surface area contributed by atoms with Crippen LogP contribution >= 0.6 is 0 Å². The van der Waals surface area contributed by atoms with Gasteiger partial charge in [-0.1, -0.05) is 0 Å². The number of hydrogen-bond donors (Lipinski definition) is 0. The molecule has 1 atom stereocenters. The molecule has 0 bridgehead atoms. The minimum absolute atomic E-state index is 0.341. The topological polar surface area (TPSA) is 83.5 Å². The molecule has 4 rings (SSSR count). The van der Waals surface area contributed by atoms with Crippen molar-refractivity contribution < 1.29 is 0 Å². The average molecular weight is 323 g/mol. The smallest absolute Gasteiger partial charge is 0.169 e. The van der Waals surface area contributed by atoms with Crippen LogP contribution < -0.4 is 4.90 Å². The zero-order valence-corrected chi connectivity index (χ0v) is 14.2. The highest BCUT2D eigenvalue weighted by molar-refractivity contribution is 5.57. The lowest BCUT2D eigenvalue weighted by Crippen LogP contribution is -2.36. The Morgan fingerprint density at radius 3 is 2.79 bits per heavy atom. The van der Waals surface area contributed by atoms with E-state index in [0.29, 0.717) is 17.3 Å². The monoisotopic (exact) mass is 323 g/mol. The van der Waals surface area contributed by atoms with Gasteiger partial charge in [-0.25, -0.2) is 0 Å². The van der Waals surface area contributed by atoms with E-state index < -0.39 is 0 Å². The normalized spacial score (nSPS) is 20.0. The number of nitriles is 1. The van der Waals surface area contributed by atoms with E-state index in [9.17, 15) is 5.26 Å². The maximum absolute atomic E-state index is 9.56. The molecule has 4 heterocycles. The summed E-state index contributed by atoms with van der Waals surface area (Å²) in [5, 5.41) is 26.9. The molecule has 0 radical (unpaired) electrons. The first-order chi connectivity index (χ1) is 11.7. The molecule has 0 spiro atoms. The van der Waals surface area contributed by atoms with Crippen molar-refractivity contribution >= 4 is 5.82 Å². The number of nitrogens with zero attached hydrogens (tertiary/aromatic N) is 7. The number of hydrogen-bond acceptors (Lipinski definition) is 6. The van der Waals surface area contributed by atoms with Crippen molar-refractivity contribution in [3.8, 4) is 6.07 Å². The second-order valence-electron chi connectivity index (χ2n) is 6.74. The van der Waals surface area contributed by atoms with E-state index in [0.717, 1.165) is 68.2 Å². The molecule has 0 aliphatic carbocycles. The van der Waals surface area contributed by atoms with Gasteiger partial charge in [0.05, 0.1) is 5.69 Å². The number of piperidine rings is 1. The van der Waals surface area contributed by atoms with Crippen molar-refractivity contribution in [3.05, 3.63) is 28.5 Å². The summed E-state index contributed by atoms with van der Waals surface area (Å²) in [6, 6.07) is 2.32. The lowest BCUT2D eigenvalue weighted by molar-refractivity contribution is 0.469. The molecule has 2 aliphatic rings. The first-order valence-corrected chi connectivity index (χ1v) is 8.60. The molecule has 24 heavy (non-hydrogen) atoms. The molecule has 0 amide bonds. The summed E-state index contributed by atoms with van der Waals surface area (Å²) in [6.45, 7) is 6.60. The van der Waals surface area contributed by atoms with Gasteiger partial charge in [0.25, 0.3) is 0 Å². The third-order valence-electron chi connectivity index (χ3n) is 5.27. The Labute approximate surface area is 141 Å². The van der Waals surface area contributed by atoms with Gasteiger partial charge in [-0.15, -0.1) is 15.3 Å². The Bertz CT molecular complexity index is 817. The molecule has 2 aromatic rings. The van der Waals surface area contributed by atoms with Gasteiger partial charge in [-0.05, 0) is 38.7 Å². The van der Waals surface area contributed by atoms with E-state index in [1.54, 1.807) is 0 Å². The highest BCUT2D eigenvalue weighted by atomic mass is 15.3. The van der Waals surface area contributed by atoms with Crippen molar-refractivity contribution in [2.45, 2.75) is 52.0 Å². The summed E-state index contributed by atoms with van der Waals surface area (Å²) < 4.78 is 2.28. The van der Waals surface area contributed by atoms with Gasteiger partial charge in [0, 0.05) is 32.0 Å². The Kier molecular flexibility index (Phi) is 3.68. The van der Waals surface area contributed by atoms with Gasteiger partial charge < -0.3 is 9.47 Å². The Morgan fingerprint density at radius 1 is 1.08 bits per heavy atom. The molecule has 7 heteroatoms. The fourth-order valence-electron chi connectivity index (χ4n) is 3.81. The van der Waals surface area contributed by atoms with Crippen molar-refractivity contribution in [2.75, 3.05) is 18.0 Å². The van der Waals surface area contributed by atoms with Gasteiger partial charge in [0.15, 0.2) is 5.82 Å². The van der Waals surface area contributed by atoms with Crippen LogP contribution in [0.2, 0.25) is 0 Å². The van der Waals surface area contributed by atoms with E-state index in [4.69, 9.17) is 0 Å². The standard InChI is InChI=1S/C17H21N7/c1-11-12(2)19-22-17(14(11)9-18)23-7-3-5-13(10-23)16-21-20-15-6-4-8-24(15)16/h13H,3-8,10H2,1-2H3. The summed E-state index contributed by atoms with van der Waals surface area (Å²) in [5.41, 5.74) is 2.39. The zero-order valence-electron chi connectivity index (χ0n) is 14.2. The number of rotatable bonds is 2. The van der Waals surface area contributed by atoms with Crippen LogP contribution in [0, 0.1) is 25.2 Å². The molecule has 7 nitrogen and oxygen atoms in total. The third-order valence-corrected chi connectivity index (χ3v) is 5.27. The van der Waals surface area contributed by atoms with Crippen LogP contribution in [-0.2, 0) is 13.0 Å². The van der Waals surface area contributed by atoms with Crippen LogP contribution in [0.25, 0.3) is 0 Å². The van der Waals surface area contributed by atoms with Crippen molar-refractivity contribution in [2.24, 2.45) is 0 Å². The first kappa shape index (κ1) is 15.1. The average Bonchev–Trinajstić information content (AvgIpc) is 3.20. The molecule has 2 aromatic heterocycles. The largest absolute Gasteiger partial charge is 0.353 e. The quantitative estimate of drug-likeness (QED) is 0.839. The van der Waals surface area contributed by atoms with Gasteiger partial charge in [-0.2, -0.15) is 10.4 Å². The van der Waals surface area contributed by atoms with E-state index >= 15 is 0 Å². The molecule has 0 saturated carbocycles. The minimum atomic E-state index is 0.341. The number of anilines is 1. The van der Waals surface area contributed by atoms with Crippen LogP contribution in [0.4, 0.5) is 5.82 Å². The molecular formula is C17H21N7. The molecule has 1 saturated heterocycles. The minimum Gasteiger partial charge on any atom is -0.353 e. The van der Waals surface area contributed by atoms with Crippen molar-refractivity contribution in [1.82, 2.24) is 25.0 Å². The van der Waals surface area contributed by atoms with Crippen LogP contribution in [0.1, 0.15) is 53.7 Å². The van der Waals surface area contributed by atoms with Crippen LogP contribution in [0.15, 0.2) is 0 Å². The molecule has 124 valence electrons. The molecule has 0 aromatic carbocycles. The lowest BCUT2D eigenvalue weighted by atomic mass is 9.96. The molecular weight excluding hydrogens is 302 g/mol. The highest BCUT2D eigenvalue weighted by Gasteiger charge is 2.30. The predicted molar refractivity (Wildman–Crippen MR) is 88.8 cm³/mol. The van der Waals surface area contributed by atoms with Crippen molar-refractivity contribution in [1.29, 1.82) is 5.26 Å². The predicted octanol–water partition coefficient (Wildman–Crippen LogP) is 1.89. The van der Waals surface area contributed by atoms with Gasteiger partial charge >= 0.3 is 0 Å². The van der Waals surface area contributed by atoms with Gasteiger partial charge in [-0.3, -0.25) is 0 Å². The SMILES string of the molecule is Cc1nnc(N2CCCC(c3nnc4n3CCC4)C2)c(C#N)c1C. The zero-order chi connectivity index (χ0) is 16.7. The Morgan fingerprint density at radius 2 is 1.96 bits per heavy atom. The van der Waals surface area contributed by atoms with Crippen LogP contribution in [0.5, 0.6) is 0 Å². The van der Waals surface area contributed by atoms with E-state index in [-0.39, 0.29) is 0 Å². The van der Waals surface area contributed by atoms with Crippen molar-refractivity contribution in [3.63, 3.8) is 0 Å². The lowest BCUT2D eigenvalue weighted by Gasteiger charge is -2.33. The fourth-order valence-corrected chi connectivity index (χ4v) is 3.81. The van der Waals surface area contributed by atoms with E-state index in [1.807, 2.05) is 13.8 Å². The maximum atomic E-state index is 9.56. The van der Waals surface area contributed by atoms with E-state index in [1.165, 1.54) is 0 Å². The fraction of sp³-hybridized carbons (Fsp3) is 0.588. The Hall–Kier alpha value is -2.49. The third kappa shape index (κ3) is 2.33. The molecule has 1 unspecified atom stereocenters. The maximum Gasteiger partial charge on any atom is 0.169 e.